The number of hydrogen-bond donors (Lipinski definition) is 1. The maximum Gasteiger partial charge on any atom is 0.257 e. The summed E-state index contributed by atoms with van der Waals surface area (Å²) in [5, 5.41) is 7.18. The second kappa shape index (κ2) is 4.77. The fourth-order valence-electron chi connectivity index (χ4n) is 1.28. The minimum atomic E-state index is 0.504. The summed E-state index contributed by atoms with van der Waals surface area (Å²) >= 11 is 0. The van der Waals surface area contributed by atoms with Crippen molar-refractivity contribution in [1.29, 1.82) is 0 Å². The summed E-state index contributed by atoms with van der Waals surface area (Å²) in [6.45, 7) is 2.75. The average Bonchev–Trinajstić information content (AvgIpc) is 2.82. The zero-order chi connectivity index (χ0) is 12.3. The molecular weight excluding hydrogens is 218 g/mol. The summed E-state index contributed by atoms with van der Waals surface area (Å²) in [6, 6.07) is 1.83. The molecule has 2 aromatic rings. The largest absolute Gasteiger partial charge is 0.354 e. The van der Waals surface area contributed by atoms with E-state index in [1.165, 1.54) is 0 Å². The van der Waals surface area contributed by atoms with Gasteiger partial charge in [0.2, 0.25) is 11.9 Å². The lowest BCUT2D eigenvalue weighted by Gasteiger charge is -2.12. The Morgan fingerprint density at radius 2 is 2.12 bits per heavy atom. The van der Waals surface area contributed by atoms with Gasteiger partial charge in [-0.3, -0.25) is 0 Å². The van der Waals surface area contributed by atoms with Crippen molar-refractivity contribution in [3.63, 3.8) is 0 Å². The molecule has 0 aliphatic heterocycles. The third kappa shape index (κ3) is 2.49. The minimum absolute atomic E-state index is 0.504. The van der Waals surface area contributed by atoms with E-state index in [2.05, 4.69) is 25.4 Å². The van der Waals surface area contributed by atoms with Gasteiger partial charge in [-0.1, -0.05) is 0 Å². The maximum atomic E-state index is 4.32. The fourth-order valence-corrected chi connectivity index (χ4v) is 1.28. The second-order valence-corrected chi connectivity index (χ2v) is 3.63. The minimum Gasteiger partial charge on any atom is -0.354 e. The van der Waals surface area contributed by atoms with Crippen molar-refractivity contribution in [2.24, 2.45) is 0 Å². The van der Waals surface area contributed by atoms with Gasteiger partial charge in [0.1, 0.15) is 0 Å². The molecular formula is C10H15N7. The summed E-state index contributed by atoms with van der Waals surface area (Å²) < 4.78 is 1.61. The Morgan fingerprint density at radius 3 is 2.71 bits per heavy atom. The number of anilines is 2. The Hall–Kier alpha value is -2.18. The quantitative estimate of drug-likeness (QED) is 0.831. The van der Waals surface area contributed by atoms with E-state index in [4.69, 9.17) is 0 Å². The lowest BCUT2D eigenvalue weighted by Crippen LogP contribution is -2.17. The predicted molar refractivity (Wildman–Crippen MR) is 65.4 cm³/mol. The van der Waals surface area contributed by atoms with Crippen LogP contribution in [-0.2, 0) is 0 Å². The zero-order valence-electron chi connectivity index (χ0n) is 10.1. The molecule has 7 heteroatoms. The van der Waals surface area contributed by atoms with Gasteiger partial charge in [0.15, 0.2) is 0 Å². The molecule has 0 amide bonds. The van der Waals surface area contributed by atoms with Gasteiger partial charge in [-0.2, -0.15) is 20.1 Å². The van der Waals surface area contributed by atoms with E-state index in [0.717, 1.165) is 6.54 Å². The van der Waals surface area contributed by atoms with Crippen molar-refractivity contribution in [3.05, 3.63) is 18.5 Å². The molecule has 2 rings (SSSR count). The van der Waals surface area contributed by atoms with E-state index in [-0.39, 0.29) is 0 Å². The number of aromatic nitrogens is 5. The van der Waals surface area contributed by atoms with E-state index in [1.807, 2.05) is 32.0 Å². The normalized spacial score (nSPS) is 10.3. The summed E-state index contributed by atoms with van der Waals surface area (Å²) in [4.78, 5) is 14.7. The van der Waals surface area contributed by atoms with Crippen LogP contribution < -0.4 is 10.2 Å². The van der Waals surface area contributed by atoms with Crippen LogP contribution in [0.3, 0.4) is 0 Å². The monoisotopic (exact) mass is 233 g/mol. The average molecular weight is 233 g/mol. The highest BCUT2D eigenvalue weighted by Crippen LogP contribution is 2.10. The Labute approximate surface area is 99.5 Å². The molecule has 0 aromatic carbocycles. The highest BCUT2D eigenvalue weighted by atomic mass is 15.4. The van der Waals surface area contributed by atoms with Gasteiger partial charge < -0.3 is 10.2 Å². The first kappa shape index (κ1) is 11.3. The molecule has 0 aliphatic carbocycles. The molecule has 0 bridgehead atoms. The van der Waals surface area contributed by atoms with Gasteiger partial charge in [0.05, 0.1) is 0 Å². The smallest absolute Gasteiger partial charge is 0.257 e. The summed E-state index contributed by atoms with van der Waals surface area (Å²) in [5.74, 6) is 1.66. The van der Waals surface area contributed by atoms with Crippen molar-refractivity contribution in [2.75, 3.05) is 30.9 Å². The third-order valence-corrected chi connectivity index (χ3v) is 2.06. The lowest BCUT2D eigenvalue weighted by molar-refractivity contribution is 0.788. The van der Waals surface area contributed by atoms with Gasteiger partial charge >= 0.3 is 0 Å². The van der Waals surface area contributed by atoms with Crippen LogP contribution in [0.5, 0.6) is 0 Å². The van der Waals surface area contributed by atoms with E-state index in [9.17, 15) is 0 Å². The lowest BCUT2D eigenvalue weighted by atomic mass is 10.7. The Balaban J connectivity index is 2.44. The van der Waals surface area contributed by atoms with Crippen LogP contribution in [0.4, 0.5) is 11.9 Å². The highest BCUT2D eigenvalue weighted by Gasteiger charge is 2.08. The molecule has 0 atom stereocenters. The van der Waals surface area contributed by atoms with E-state index in [1.54, 1.807) is 17.1 Å². The van der Waals surface area contributed by atoms with Crippen LogP contribution in [0, 0.1) is 0 Å². The molecule has 90 valence electrons. The molecule has 0 unspecified atom stereocenters. The Bertz CT molecular complexity index is 477. The summed E-state index contributed by atoms with van der Waals surface area (Å²) in [5.41, 5.74) is 0. The van der Waals surface area contributed by atoms with Crippen molar-refractivity contribution in [1.82, 2.24) is 24.7 Å². The molecule has 1 N–H and O–H groups in total. The van der Waals surface area contributed by atoms with Crippen LogP contribution in [0.2, 0.25) is 0 Å². The van der Waals surface area contributed by atoms with Crippen LogP contribution in [0.15, 0.2) is 18.5 Å². The fraction of sp³-hybridized carbons (Fsp3) is 0.400. The predicted octanol–water partition coefficient (Wildman–Crippen LogP) is 0.555. The van der Waals surface area contributed by atoms with Crippen molar-refractivity contribution in [2.45, 2.75) is 6.92 Å². The number of nitrogens with zero attached hydrogens (tertiary/aromatic N) is 6. The summed E-state index contributed by atoms with van der Waals surface area (Å²) in [6.07, 6.45) is 3.48. The molecule has 7 nitrogen and oxygen atoms in total. The molecule has 0 saturated heterocycles. The van der Waals surface area contributed by atoms with E-state index < -0.39 is 0 Å². The van der Waals surface area contributed by atoms with Gasteiger partial charge in [-0.05, 0) is 13.0 Å². The molecule has 0 saturated carbocycles. The van der Waals surface area contributed by atoms with Gasteiger partial charge in [-0.25, -0.2) is 4.68 Å². The number of nitrogens with one attached hydrogen (secondary N) is 1. The van der Waals surface area contributed by atoms with Gasteiger partial charge in [0, 0.05) is 33.0 Å². The molecule has 0 aliphatic rings. The molecule has 0 radical (unpaired) electrons. The van der Waals surface area contributed by atoms with Crippen LogP contribution in [-0.4, -0.2) is 45.4 Å². The Morgan fingerprint density at radius 1 is 1.29 bits per heavy atom. The molecule has 0 fully saturated rings. The van der Waals surface area contributed by atoms with Crippen LogP contribution in [0.25, 0.3) is 5.95 Å². The van der Waals surface area contributed by atoms with Gasteiger partial charge in [-0.15, -0.1) is 0 Å². The molecule has 0 spiro atoms. The van der Waals surface area contributed by atoms with E-state index >= 15 is 0 Å². The molecule has 17 heavy (non-hydrogen) atoms. The zero-order valence-corrected chi connectivity index (χ0v) is 10.1. The number of hydrogen-bond acceptors (Lipinski definition) is 6. The maximum absolute atomic E-state index is 4.32. The first-order valence-corrected chi connectivity index (χ1v) is 5.38. The Kier molecular flexibility index (Phi) is 3.17. The van der Waals surface area contributed by atoms with Crippen molar-refractivity contribution >= 4 is 11.9 Å². The van der Waals surface area contributed by atoms with Crippen molar-refractivity contribution < 1.29 is 0 Å². The SMILES string of the molecule is CCNc1nc(N(C)C)nc(-n2cccn2)n1. The molecule has 2 heterocycles. The first-order chi connectivity index (χ1) is 8.20. The number of rotatable bonds is 4. The van der Waals surface area contributed by atoms with Gasteiger partial charge in [0.25, 0.3) is 5.95 Å². The topological polar surface area (TPSA) is 71.8 Å². The van der Waals surface area contributed by atoms with Crippen LogP contribution in [0.1, 0.15) is 6.92 Å². The van der Waals surface area contributed by atoms with E-state index in [0.29, 0.717) is 17.8 Å². The highest BCUT2D eigenvalue weighted by molar-refractivity contribution is 5.38. The second-order valence-electron chi connectivity index (χ2n) is 3.63. The molecule has 2 aromatic heterocycles. The summed E-state index contributed by atoms with van der Waals surface area (Å²) in [7, 11) is 3.77. The van der Waals surface area contributed by atoms with Crippen LogP contribution >= 0.6 is 0 Å². The standard InChI is InChI=1S/C10H15N7/c1-4-11-8-13-9(16(2)3)15-10(14-8)17-7-5-6-12-17/h5-7H,4H2,1-3H3,(H,11,13,14,15). The first-order valence-electron chi connectivity index (χ1n) is 5.38. The third-order valence-electron chi connectivity index (χ3n) is 2.06. The van der Waals surface area contributed by atoms with Crippen molar-refractivity contribution in [3.8, 4) is 5.95 Å².